The first-order valence-corrected chi connectivity index (χ1v) is 27.0. The molecule has 6 heteroatoms. The predicted molar refractivity (Wildman–Crippen MR) is 274 cm³/mol. The third-order valence-electron chi connectivity index (χ3n) is 11.6. The van der Waals surface area contributed by atoms with Crippen molar-refractivity contribution in [1.82, 2.24) is 0 Å². The lowest BCUT2D eigenvalue weighted by atomic mass is 10.0. The fourth-order valence-electron chi connectivity index (χ4n) is 7.52. The van der Waals surface area contributed by atoms with Gasteiger partial charge in [-0.25, -0.2) is 0 Å². The van der Waals surface area contributed by atoms with Gasteiger partial charge in [-0.1, -0.05) is 248 Å². The average Bonchev–Trinajstić information content (AvgIpc) is 3.29. The highest BCUT2D eigenvalue weighted by molar-refractivity contribution is 5.71. The van der Waals surface area contributed by atoms with Crippen LogP contribution in [0.1, 0.15) is 258 Å². The highest BCUT2D eigenvalue weighted by Crippen LogP contribution is 2.15. The van der Waals surface area contributed by atoms with Crippen molar-refractivity contribution >= 4 is 17.9 Å². The van der Waals surface area contributed by atoms with E-state index in [9.17, 15) is 14.4 Å². The molecule has 0 aliphatic carbocycles. The summed E-state index contributed by atoms with van der Waals surface area (Å²) in [4.78, 5) is 38.0. The number of esters is 3. The maximum atomic E-state index is 12.8. The first-order valence-electron chi connectivity index (χ1n) is 27.0. The molecular weight excluding hydrogens is 793 g/mol. The SMILES string of the molecule is CC\C=C/C=C\C=C/C=C\C=C/CCCCCC(=O)OC(COC(=O)CCCCCCCCC/C=C\CCCCCCCCCC)COC(=O)CCCCCCCCCCCCCC. The van der Waals surface area contributed by atoms with Crippen LogP contribution < -0.4 is 0 Å². The number of carbonyl (C=O) groups excluding carboxylic acids is 3. The molecular formula is C58H100O6. The standard InChI is InChI=1S/C58H100O6/c1-4-7-10-13-16-19-22-25-27-28-29-30-32-33-36-39-42-45-48-51-57(60)63-54-55(53-62-56(59)50-47-44-41-38-35-24-21-18-15-12-9-6-3)64-58(61)52-49-46-43-40-37-34-31-26-23-20-17-14-11-8-5-2/h8,11,14,17,20,23,26,28-29,31,34,37,55H,4-7,9-10,12-13,15-16,18-19,21-22,24-25,27,30,32-33,35-36,38-54H2,1-3H3/b11-8-,17-14-,23-20-,29-28-,31-26-,37-34-. The summed E-state index contributed by atoms with van der Waals surface area (Å²) < 4.78 is 16.8. The molecule has 0 aromatic heterocycles. The molecule has 0 saturated heterocycles. The molecule has 0 aliphatic rings. The van der Waals surface area contributed by atoms with Crippen LogP contribution in [0.2, 0.25) is 0 Å². The number of allylic oxidation sites excluding steroid dienone is 12. The maximum Gasteiger partial charge on any atom is 0.306 e. The fraction of sp³-hybridized carbons (Fsp3) is 0.741. The van der Waals surface area contributed by atoms with E-state index in [0.717, 1.165) is 64.2 Å². The molecule has 64 heavy (non-hydrogen) atoms. The molecule has 0 rings (SSSR count). The van der Waals surface area contributed by atoms with Gasteiger partial charge in [0, 0.05) is 19.3 Å². The maximum absolute atomic E-state index is 12.8. The smallest absolute Gasteiger partial charge is 0.306 e. The summed E-state index contributed by atoms with van der Waals surface area (Å²) in [7, 11) is 0. The Labute approximate surface area is 395 Å². The Hall–Kier alpha value is -3.15. The van der Waals surface area contributed by atoms with Crippen molar-refractivity contribution in [2.75, 3.05) is 13.2 Å². The van der Waals surface area contributed by atoms with Crippen LogP contribution in [0.25, 0.3) is 0 Å². The van der Waals surface area contributed by atoms with Gasteiger partial charge in [-0.05, 0) is 64.2 Å². The molecule has 0 aliphatic heterocycles. The van der Waals surface area contributed by atoms with Crippen LogP contribution in [0.5, 0.6) is 0 Å². The van der Waals surface area contributed by atoms with Crippen LogP contribution in [-0.4, -0.2) is 37.2 Å². The molecule has 0 fully saturated rings. The number of hydrogen-bond donors (Lipinski definition) is 0. The predicted octanol–water partition coefficient (Wildman–Crippen LogP) is 17.8. The summed E-state index contributed by atoms with van der Waals surface area (Å²) in [5, 5.41) is 0. The summed E-state index contributed by atoms with van der Waals surface area (Å²) in [5.74, 6) is -0.934. The summed E-state index contributed by atoms with van der Waals surface area (Å²) in [6, 6.07) is 0. The lowest BCUT2D eigenvalue weighted by Crippen LogP contribution is -2.30. The molecule has 0 N–H and O–H groups in total. The van der Waals surface area contributed by atoms with Crippen LogP contribution in [0.3, 0.4) is 0 Å². The Kier molecular flexibility index (Phi) is 49.9. The zero-order chi connectivity index (χ0) is 46.5. The Bertz CT molecular complexity index is 1210. The van der Waals surface area contributed by atoms with Crippen LogP contribution in [0.4, 0.5) is 0 Å². The minimum absolute atomic E-state index is 0.0924. The van der Waals surface area contributed by atoms with E-state index in [-0.39, 0.29) is 37.5 Å². The molecule has 0 radical (unpaired) electrons. The number of hydrogen-bond acceptors (Lipinski definition) is 6. The zero-order valence-electron chi connectivity index (χ0n) is 42.0. The molecule has 0 bridgehead atoms. The Morgan fingerprint density at radius 1 is 0.328 bits per heavy atom. The Balaban J connectivity index is 4.41. The molecule has 0 aromatic carbocycles. The summed E-state index contributed by atoms with van der Waals surface area (Å²) in [6.45, 7) is 6.46. The lowest BCUT2D eigenvalue weighted by molar-refractivity contribution is -0.167. The highest BCUT2D eigenvalue weighted by atomic mass is 16.6. The minimum Gasteiger partial charge on any atom is -0.462 e. The van der Waals surface area contributed by atoms with Crippen LogP contribution in [-0.2, 0) is 28.6 Å². The normalized spacial score (nSPS) is 12.6. The molecule has 0 saturated carbocycles. The van der Waals surface area contributed by atoms with Gasteiger partial charge in [0.05, 0.1) is 0 Å². The molecule has 0 heterocycles. The van der Waals surface area contributed by atoms with Crippen molar-refractivity contribution in [2.24, 2.45) is 0 Å². The first kappa shape index (κ1) is 60.9. The fourth-order valence-corrected chi connectivity index (χ4v) is 7.52. The van der Waals surface area contributed by atoms with Crippen LogP contribution >= 0.6 is 0 Å². The second-order valence-corrected chi connectivity index (χ2v) is 17.9. The van der Waals surface area contributed by atoms with Crippen molar-refractivity contribution in [3.63, 3.8) is 0 Å². The molecule has 0 spiro atoms. The van der Waals surface area contributed by atoms with E-state index < -0.39 is 6.10 Å². The van der Waals surface area contributed by atoms with E-state index in [0.29, 0.717) is 19.3 Å². The van der Waals surface area contributed by atoms with E-state index in [1.807, 2.05) is 48.6 Å². The molecule has 6 nitrogen and oxygen atoms in total. The minimum atomic E-state index is -0.797. The monoisotopic (exact) mass is 893 g/mol. The van der Waals surface area contributed by atoms with Crippen LogP contribution in [0, 0.1) is 0 Å². The average molecular weight is 893 g/mol. The van der Waals surface area contributed by atoms with Crippen molar-refractivity contribution in [3.8, 4) is 0 Å². The van der Waals surface area contributed by atoms with Gasteiger partial charge in [0.25, 0.3) is 0 Å². The van der Waals surface area contributed by atoms with Gasteiger partial charge in [-0.15, -0.1) is 0 Å². The zero-order valence-corrected chi connectivity index (χ0v) is 42.0. The van der Waals surface area contributed by atoms with E-state index in [2.05, 4.69) is 45.1 Å². The molecule has 0 amide bonds. The number of unbranched alkanes of at least 4 members (excludes halogenated alkanes) is 29. The van der Waals surface area contributed by atoms with Gasteiger partial charge in [-0.2, -0.15) is 0 Å². The molecule has 368 valence electrons. The van der Waals surface area contributed by atoms with Crippen molar-refractivity contribution in [3.05, 3.63) is 72.9 Å². The largest absolute Gasteiger partial charge is 0.462 e. The van der Waals surface area contributed by atoms with Crippen molar-refractivity contribution < 1.29 is 28.6 Å². The second kappa shape index (κ2) is 52.5. The number of ether oxygens (including phenoxy) is 3. The van der Waals surface area contributed by atoms with Gasteiger partial charge >= 0.3 is 17.9 Å². The highest BCUT2D eigenvalue weighted by Gasteiger charge is 2.19. The molecule has 1 unspecified atom stereocenters. The molecule has 0 aromatic rings. The van der Waals surface area contributed by atoms with Gasteiger partial charge in [0.2, 0.25) is 0 Å². The quantitative estimate of drug-likeness (QED) is 0.0199. The third kappa shape index (κ3) is 49.9. The number of carbonyl (C=O) groups is 3. The number of rotatable bonds is 48. The van der Waals surface area contributed by atoms with Crippen molar-refractivity contribution in [1.29, 1.82) is 0 Å². The van der Waals surface area contributed by atoms with E-state index in [1.54, 1.807) is 0 Å². The summed E-state index contributed by atoms with van der Waals surface area (Å²) >= 11 is 0. The van der Waals surface area contributed by atoms with Gasteiger partial charge < -0.3 is 14.2 Å². The second-order valence-electron chi connectivity index (χ2n) is 17.9. The topological polar surface area (TPSA) is 78.9 Å². The Morgan fingerprint density at radius 3 is 1.02 bits per heavy atom. The Morgan fingerprint density at radius 2 is 0.625 bits per heavy atom. The summed E-state index contributed by atoms with van der Waals surface area (Å²) in [5.41, 5.74) is 0. The summed E-state index contributed by atoms with van der Waals surface area (Å²) in [6.07, 6.45) is 66.0. The van der Waals surface area contributed by atoms with Gasteiger partial charge in [-0.3, -0.25) is 14.4 Å². The van der Waals surface area contributed by atoms with E-state index in [4.69, 9.17) is 14.2 Å². The van der Waals surface area contributed by atoms with E-state index >= 15 is 0 Å². The van der Waals surface area contributed by atoms with Gasteiger partial charge in [0.15, 0.2) is 6.10 Å². The molecule has 1 atom stereocenters. The van der Waals surface area contributed by atoms with Gasteiger partial charge in [0.1, 0.15) is 13.2 Å². The van der Waals surface area contributed by atoms with Crippen LogP contribution in [0.15, 0.2) is 72.9 Å². The lowest BCUT2D eigenvalue weighted by Gasteiger charge is -2.18. The van der Waals surface area contributed by atoms with Crippen molar-refractivity contribution in [2.45, 2.75) is 264 Å². The first-order chi connectivity index (χ1) is 31.5. The third-order valence-corrected chi connectivity index (χ3v) is 11.6. The van der Waals surface area contributed by atoms with E-state index in [1.165, 1.54) is 148 Å².